The minimum absolute atomic E-state index is 0.125. The number of halogens is 3. The van der Waals surface area contributed by atoms with Gasteiger partial charge in [-0.25, -0.2) is 8.42 Å². The lowest BCUT2D eigenvalue weighted by Crippen LogP contribution is -2.48. The quantitative estimate of drug-likeness (QED) is 0.719. The molecule has 0 aliphatic rings. The first-order valence-electron chi connectivity index (χ1n) is 8.93. The maximum atomic E-state index is 13.1. The van der Waals surface area contributed by atoms with Crippen LogP contribution in [0.3, 0.4) is 0 Å². The number of nitrogens with zero attached hydrogens (tertiary/aromatic N) is 1. The van der Waals surface area contributed by atoms with Crippen LogP contribution in [0.5, 0.6) is 0 Å². The molecule has 0 aromatic heterocycles. The molecule has 0 aliphatic heterocycles. The summed E-state index contributed by atoms with van der Waals surface area (Å²) >= 11 is 0. The predicted molar refractivity (Wildman–Crippen MR) is 105 cm³/mol. The van der Waals surface area contributed by atoms with E-state index in [0.29, 0.717) is 10.7 Å². The molecule has 158 valence electrons. The van der Waals surface area contributed by atoms with Crippen molar-refractivity contribution in [2.24, 2.45) is 0 Å². The van der Waals surface area contributed by atoms with Gasteiger partial charge in [0, 0.05) is 5.54 Å². The zero-order valence-corrected chi connectivity index (χ0v) is 17.1. The first-order valence-corrected chi connectivity index (χ1v) is 10.4. The van der Waals surface area contributed by atoms with Crippen molar-refractivity contribution < 1.29 is 26.4 Å². The van der Waals surface area contributed by atoms with Gasteiger partial charge < -0.3 is 5.32 Å². The zero-order chi connectivity index (χ0) is 21.9. The lowest BCUT2D eigenvalue weighted by molar-refractivity contribution is -0.137. The maximum absolute atomic E-state index is 13.1. The van der Waals surface area contributed by atoms with Crippen LogP contribution in [0.25, 0.3) is 0 Å². The van der Waals surface area contributed by atoms with E-state index in [2.05, 4.69) is 5.32 Å². The summed E-state index contributed by atoms with van der Waals surface area (Å²) < 4.78 is 66.4. The molecule has 0 spiro atoms. The average Bonchev–Trinajstić information content (AvgIpc) is 2.66. The van der Waals surface area contributed by atoms with E-state index in [-0.39, 0.29) is 10.6 Å². The normalized spacial score (nSPS) is 12.5. The first kappa shape index (κ1) is 22.7. The van der Waals surface area contributed by atoms with Gasteiger partial charge in [0.15, 0.2) is 0 Å². The summed E-state index contributed by atoms with van der Waals surface area (Å²) in [5.41, 5.74) is -1.83. The first-order chi connectivity index (χ1) is 13.4. The Morgan fingerprint density at radius 1 is 1.03 bits per heavy atom. The van der Waals surface area contributed by atoms with E-state index < -0.39 is 39.8 Å². The van der Waals surface area contributed by atoms with Crippen molar-refractivity contribution in [3.8, 4) is 0 Å². The van der Waals surface area contributed by atoms with Gasteiger partial charge in [0.1, 0.15) is 6.54 Å². The smallest absolute Gasteiger partial charge is 0.350 e. The molecule has 2 aromatic rings. The van der Waals surface area contributed by atoms with Gasteiger partial charge >= 0.3 is 6.18 Å². The number of hydrogen-bond donors (Lipinski definition) is 1. The van der Waals surface area contributed by atoms with E-state index in [0.717, 1.165) is 18.2 Å². The second-order valence-corrected chi connectivity index (χ2v) is 9.02. The standard InChI is InChI=1S/C20H23F3N2O3S/c1-4-19(2,3)24-18(26)14-25(29(27,28)17-11-6-5-7-12-17)16-10-8-9-15(13-16)20(21,22)23/h5-13H,4,14H2,1-3H3,(H,24,26). The number of rotatable bonds is 7. The van der Waals surface area contributed by atoms with Crippen LogP contribution in [0.4, 0.5) is 18.9 Å². The summed E-state index contributed by atoms with van der Waals surface area (Å²) in [6.07, 6.45) is -4.06. The molecule has 2 aromatic carbocycles. The molecule has 1 amide bonds. The second kappa shape index (κ2) is 8.44. The van der Waals surface area contributed by atoms with Gasteiger partial charge in [0.25, 0.3) is 10.0 Å². The van der Waals surface area contributed by atoms with Crippen LogP contribution < -0.4 is 9.62 Å². The van der Waals surface area contributed by atoms with Crippen molar-refractivity contribution in [1.29, 1.82) is 0 Å². The van der Waals surface area contributed by atoms with Gasteiger partial charge in [-0.15, -0.1) is 0 Å². The van der Waals surface area contributed by atoms with Gasteiger partial charge in [0.05, 0.1) is 16.1 Å². The number of alkyl halides is 3. The van der Waals surface area contributed by atoms with E-state index in [9.17, 15) is 26.4 Å². The molecule has 0 saturated carbocycles. The highest BCUT2D eigenvalue weighted by Gasteiger charge is 2.33. The van der Waals surface area contributed by atoms with E-state index >= 15 is 0 Å². The lowest BCUT2D eigenvalue weighted by Gasteiger charge is -2.28. The molecule has 0 heterocycles. The van der Waals surface area contributed by atoms with Crippen molar-refractivity contribution in [3.05, 3.63) is 60.2 Å². The lowest BCUT2D eigenvalue weighted by atomic mass is 10.0. The number of sulfonamides is 1. The Bertz CT molecular complexity index is 958. The minimum atomic E-state index is -4.65. The number of nitrogens with one attached hydrogen (secondary N) is 1. The van der Waals surface area contributed by atoms with Crippen LogP contribution in [0.2, 0.25) is 0 Å². The third kappa shape index (κ3) is 5.72. The molecular weight excluding hydrogens is 405 g/mol. The number of hydrogen-bond acceptors (Lipinski definition) is 3. The SMILES string of the molecule is CCC(C)(C)NC(=O)CN(c1cccc(C(F)(F)F)c1)S(=O)(=O)c1ccccc1. The molecule has 0 aliphatic carbocycles. The molecule has 9 heteroatoms. The highest BCUT2D eigenvalue weighted by atomic mass is 32.2. The Kier molecular flexibility index (Phi) is 6.62. The van der Waals surface area contributed by atoms with E-state index in [1.54, 1.807) is 19.9 Å². The molecular formula is C20H23F3N2O3S. The Balaban J connectivity index is 2.51. The summed E-state index contributed by atoms with van der Waals surface area (Å²) in [5, 5.41) is 2.71. The number of carbonyl (C=O) groups is 1. The van der Waals surface area contributed by atoms with Crippen LogP contribution >= 0.6 is 0 Å². The fourth-order valence-corrected chi connectivity index (χ4v) is 3.94. The Morgan fingerprint density at radius 2 is 1.66 bits per heavy atom. The van der Waals surface area contributed by atoms with E-state index in [1.165, 1.54) is 30.3 Å². The summed E-state index contributed by atoms with van der Waals surface area (Å²) in [4.78, 5) is 12.4. The van der Waals surface area contributed by atoms with Crippen molar-refractivity contribution >= 4 is 21.6 Å². The van der Waals surface area contributed by atoms with Crippen LogP contribution in [-0.4, -0.2) is 26.4 Å². The van der Waals surface area contributed by atoms with Crippen LogP contribution in [0, 0.1) is 0 Å². The third-order valence-corrected chi connectivity index (χ3v) is 6.23. The molecule has 0 unspecified atom stereocenters. The van der Waals surface area contributed by atoms with Gasteiger partial charge in [-0.1, -0.05) is 31.2 Å². The van der Waals surface area contributed by atoms with E-state index in [4.69, 9.17) is 0 Å². The number of benzene rings is 2. The molecule has 0 atom stereocenters. The summed E-state index contributed by atoms with van der Waals surface area (Å²) in [7, 11) is -4.27. The summed E-state index contributed by atoms with van der Waals surface area (Å²) in [6.45, 7) is 4.74. The Morgan fingerprint density at radius 3 is 2.21 bits per heavy atom. The topological polar surface area (TPSA) is 66.5 Å². The molecule has 0 bridgehead atoms. The maximum Gasteiger partial charge on any atom is 0.416 e. The number of anilines is 1. The summed E-state index contributed by atoms with van der Waals surface area (Å²) in [6, 6.07) is 11.2. The van der Waals surface area contributed by atoms with Gasteiger partial charge in [-0.3, -0.25) is 9.10 Å². The van der Waals surface area contributed by atoms with Gasteiger partial charge in [-0.05, 0) is 50.6 Å². The Labute approximate surface area is 168 Å². The summed E-state index contributed by atoms with van der Waals surface area (Å²) in [5.74, 6) is -0.617. The molecule has 0 radical (unpaired) electrons. The monoisotopic (exact) mass is 428 g/mol. The molecule has 0 fully saturated rings. The second-order valence-electron chi connectivity index (χ2n) is 7.16. The molecule has 0 saturated heterocycles. The molecule has 2 rings (SSSR count). The fraction of sp³-hybridized carbons (Fsp3) is 0.350. The number of amides is 1. The molecule has 1 N–H and O–H groups in total. The largest absolute Gasteiger partial charge is 0.416 e. The van der Waals surface area contributed by atoms with E-state index in [1.807, 2.05) is 6.92 Å². The fourth-order valence-electron chi connectivity index (χ4n) is 2.51. The Hall–Kier alpha value is -2.55. The third-order valence-electron chi connectivity index (χ3n) is 4.44. The van der Waals surface area contributed by atoms with Crippen molar-refractivity contribution in [1.82, 2.24) is 5.32 Å². The zero-order valence-electron chi connectivity index (χ0n) is 16.3. The van der Waals surface area contributed by atoms with Crippen molar-refractivity contribution in [3.63, 3.8) is 0 Å². The van der Waals surface area contributed by atoms with Crippen molar-refractivity contribution in [2.45, 2.75) is 43.8 Å². The average molecular weight is 428 g/mol. The predicted octanol–water partition coefficient (Wildman–Crippen LogP) is 4.21. The molecule has 5 nitrogen and oxygen atoms in total. The van der Waals surface area contributed by atoms with Crippen LogP contribution in [0.15, 0.2) is 59.5 Å². The van der Waals surface area contributed by atoms with Gasteiger partial charge in [-0.2, -0.15) is 13.2 Å². The highest BCUT2D eigenvalue weighted by molar-refractivity contribution is 7.92. The molecule has 29 heavy (non-hydrogen) atoms. The number of carbonyl (C=O) groups excluding carboxylic acids is 1. The highest BCUT2D eigenvalue weighted by Crippen LogP contribution is 2.33. The van der Waals surface area contributed by atoms with Crippen LogP contribution in [0.1, 0.15) is 32.8 Å². The van der Waals surface area contributed by atoms with Gasteiger partial charge in [0.2, 0.25) is 5.91 Å². The van der Waals surface area contributed by atoms with Crippen molar-refractivity contribution in [2.75, 3.05) is 10.8 Å². The minimum Gasteiger partial charge on any atom is -0.350 e. The van der Waals surface area contributed by atoms with Crippen LogP contribution in [-0.2, 0) is 21.0 Å².